The van der Waals surface area contributed by atoms with Crippen molar-refractivity contribution in [3.8, 4) is 11.3 Å². The highest BCUT2D eigenvalue weighted by atomic mass is 15.4. The summed E-state index contributed by atoms with van der Waals surface area (Å²) in [4.78, 5) is 0. The summed E-state index contributed by atoms with van der Waals surface area (Å²) >= 11 is 0. The number of anilines is 1. The molecule has 0 amide bonds. The van der Waals surface area contributed by atoms with Crippen molar-refractivity contribution >= 4 is 5.82 Å². The van der Waals surface area contributed by atoms with Crippen molar-refractivity contribution in [3.63, 3.8) is 0 Å². The number of aryl methyl sites for hydroxylation is 1. The van der Waals surface area contributed by atoms with Gasteiger partial charge in [0.2, 0.25) is 0 Å². The minimum absolute atomic E-state index is 0.694. The average molecular weight is 214 g/mol. The predicted octanol–water partition coefficient (Wildman–Crippen LogP) is 1.76. The molecule has 4 nitrogen and oxygen atoms in total. The van der Waals surface area contributed by atoms with Crippen LogP contribution in [0, 0.1) is 6.92 Å². The maximum Gasteiger partial charge on any atom is 0.167 e. The van der Waals surface area contributed by atoms with Gasteiger partial charge in [-0.25, -0.2) is 5.84 Å². The highest BCUT2D eigenvalue weighted by molar-refractivity contribution is 5.61. The highest BCUT2D eigenvalue weighted by Crippen LogP contribution is 2.20. The van der Waals surface area contributed by atoms with E-state index in [0.29, 0.717) is 5.82 Å². The van der Waals surface area contributed by atoms with Gasteiger partial charge < -0.3 is 0 Å². The quantitative estimate of drug-likeness (QED) is 0.611. The topological polar surface area (TPSA) is 55.0 Å². The van der Waals surface area contributed by atoms with E-state index < -0.39 is 0 Å². The van der Waals surface area contributed by atoms with E-state index in [0.717, 1.165) is 16.8 Å². The summed E-state index contributed by atoms with van der Waals surface area (Å²) < 4.78 is 0. The van der Waals surface area contributed by atoms with Crippen molar-refractivity contribution in [1.29, 1.82) is 0 Å². The van der Waals surface area contributed by atoms with Gasteiger partial charge in [0.15, 0.2) is 5.82 Å². The number of rotatable bonds is 2. The first kappa shape index (κ1) is 10.6. The lowest BCUT2D eigenvalue weighted by molar-refractivity contribution is 0.909. The molecule has 2 aromatic rings. The van der Waals surface area contributed by atoms with Crippen molar-refractivity contribution in [3.05, 3.63) is 42.0 Å². The Morgan fingerprint density at radius 1 is 1.12 bits per heavy atom. The van der Waals surface area contributed by atoms with Gasteiger partial charge in [-0.05, 0) is 18.6 Å². The van der Waals surface area contributed by atoms with Crippen LogP contribution in [-0.4, -0.2) is 17.2 Å². The molecule has 0 atom stereocenters. The molecule has 0 bridgehead atoms. The molecule has 1 heterocycles. The Morgan fingerprint density at radius 2 is 1.81 bits per heavy atom. The largest absolute Gasteiger partial charge is 0.296 e. The third-order valence-corrected chi connectivity index (χ3v) is 2.36. The fraction of sp³-hybridized carbons (Fsp3) is 0.167. The molecule has 1 aromatic carbocycles. The van der Waals surface area contributed by atoms with Crippen LogP contribution >= 0.6 is 0 Å². The van der Waals surface area contributed by atoms with E-state index in [1.807, 2.05) is 43.3 Å². The van der Waals surface area contributed by atoms with Crippen LogP contribution in [0.3, 0.4) is 0 Å². The van der Waals surface area contributed by atoms with Gasteiger partial charge in [-0.15, -0.1) is 10.2 Å². The summed E-state index contributed by atoms with van der Waals surface area (Å²) in [6, 6.07) is 11.9. The Balaban J connectivity index is 2.43. The number of hydrogen-bond acceptors (Lipinski definition) is 4. The molecule has 1 aromatic heterocycles. The Hall–Kier alpha value is -1.94. The van der Waals surface area contributed by atoms with Crippen LogP contribution in [0.4, 0.5) is 5.82 Å². The van der Waals surface area contributed by atoms with Gasteiger partial charge in [0, 0.05) is 12.6 Å². The lowest BCUT2D eigenvalue weighted by atomic mass is 10.1. The molecule has 0 saturated heterocycles. The standard InChI is InChI=1S/C12H14N4/c1-9-8-11(10-6-4-3-5-7-10)14-15-12(9)16(2)13/h3-8H,13H2,1-2H3. The summed E-state index contributed by atoms with van der Waals surface area (Å²) in [5.41, 5.74) is 2.94. The first-order chi connectivity index (χ1) is 7.68. The molecule has 0 radical (unpaired) electrons. The predicted molar refractivity (Wildman–Crippen MR) is 64.8 cm³/mol. The lowest BCUT2D eigenvalue weighted by Crippen LogP contribution is -2.27. The Kier molecular flexibility index (Phi) is 2.83. The van der Waals surface area contributed by atoms with E-state index >= 15 is 0 Å². The van der Waals surface area contributed by atoms with Gasteiger partial charge in [-0.2, -0.15) is 0 Å². The van der Waals surface area contributed by atoms with E-state index in [4.69, 9.17) is 5.84 Å². The molecule has 0 aliphatic carbocycles. The fourth-order valence-corrected chi connectivity index (χ4v) is 1.58. The molecule has 82 valence electrons. The molecular weight excluding hydrogens is 200 g/mol. The molecular formula is C12H14N4. The van der Waals surface area contributed by atoms with Crippen LogP contribution in [0.1, 0.15) is 5.56 Å². The Bertz CT molecular complexity index is 480. The van der Waals surface area contributed by atoms with Crippen molar-refractivity contribution in [2.24, 2.45) is 5.84 Å². The van der Waals surface area contributed by atoms with Crippen molar-refractivity contribution in [2.45, 2.75) is 6.92 Å². The van der Waals surface area contributed by atoms with Crippen molar-refractivity contribution in [1.82, 2.24) is 10.2 Å². The second-order valence-corrected chi connectivity index (χ2v) is 3.71. The average Bonchev–Trinajstić information content (AvgIpc) is 2.29. The molecule has 0 saturated carbocycles. The maximum absolute atomic E-state index is 5.63. The molecule has 0 aliphatic rings. The van der Waals surface area contributed by atoms with Crippen LogP contribution in [0.2, 0.25) is 0 Å². The number of hydrazine groups is 1. The normalized spacial score (nSPS) is 10.2. The maximum atomic E-state index is 5.63. The van der Waals surface area contributed by atoms with Crippen LogP contribution in [0.15, 0.2) is 36.4 Å². The zero-order valence-electron chi connectivity index (χ0n) is 9.38. The van der Waals surface area contributed by atoms with Crippen molar-refractivity contribution < 1.29 is 0 Å². The minimum atomic E-state index is 0.694. The van der Waals surface area contributed by atoms with Gasteiger partial charge >= 0.3 is 0 Å². The van der Waals surface area contributed by atoms with Gasteiger partial charge in [0.25, 0.3) is 0 Å². The molecule has 4 heteroatoms. The molecule has 0 fully saturated rings. The molecule has 2 N–H and O–H groups in total. The van der Waals surface area contributed by atoms with Crippen LogP contribution in [-0.2, 0) is 0 Å². The van der Waals surface area contributed by atoms with Crippen LogP contribution in [0.25, 0.3) is 11.3 Å². The third-order valence-electron chi connectivity index (χ3n) is 2.36. The Morgan fingerprint density at radius 3 is 2.38 bits per heavy atom. The van der Waals surface area contributed by atoms with Crippen molar-refractivity contribution in [2.75, 3.05) is 12.1 Å². The van der Waals surface area contributed by atoms with Crippen LogP contribution in [0.5, 0.6) is 0 Å². The third kappa shape index (κ3) is 2.01. The van der Waals surface area contributed by atoms with Gasteiger partial charge in [0.1, 0.15) is 0 Å². The summed E-state index contributed by atoms with van der Waals surface area (Å²) in [5.74, 6) is 6.33. The Labute approximate surface area is 94.7 Å². The first-order valence-electron chi connectivity index (χ1n) is 5.06. The zero-order valence-corrected chi connectivity index (χ0v) is 9.38. The molecule has 0 spiro atoms. The second-order valence-electron chi connectivity index (χ2n) is 3.71. The van der Waals surface area contributed by atoms with Gasteiger partial charge in [-0.3, -0.25) is 5.01 Å². The summed E-state index contributed by atoms with van der Waals surface area (Å²) in [6.07, 6.45) is 0. The molecule has 2 rings (SSSR count). The van der Waals surface area contributed by atoms with Crippen LogP contribution < -0.4 is 10.9 Å². The number of aromatic nitrogens is 2. The zero-order chi connectivity index (χ0) is 11.5. The summed E-state index contributed by atoms with van der Waals surface area (Å²) in [7, 11) is 1.75. The van der Waals surface area contributed by atoms with E-state index in [2.05, 4.69) is 10.2 Å². The highest BCUT2D eigenvalue weighted by Gasteiger charge is 2.06. The monoisotopic (exact) mass is 214 g/mol. The van der Waals surface area contributed by atoms with E-state index in [-0.39, 0.29) is 0 Å². The molecule has 16 heavy (non-hydrogen) atoms. The minimum Gasteiger partial charge on any atom is -0.296 e. The van der Waals surface area contributed by atoms with E-state index in [1.165, 1.54) is 5.01 Å². The van der Waals surface area contributed by atoms with Gasteiger partial charge in [0.05, 0.1) is 5.69 Å². The number of nitrogens with two attached hydrogens (primary N) is 1. The molecule has 0 unspecified atom stereocenters. The summed E-state index contributed by atoms with van der Waals surface area (Å²) in [6.45, 7) is 1.97. The van der Waals surface area contributed by atoms with Gasteiger partial charge in [-0.1, -0.05) is 30.3 Å². The number of benzene rings is 1. The fourth-order valence-electron chi connectivity index (χ4n) is 1.58. The summed E-state index contributed by atoms with van der Waals surface area (Å²) in [5, 5.41) is 9.73. The molecule has 0 aliphatic heterocycles. The second kappa shape index (κ2) is 4.28. The number of nitrogens with zero attached hydrogens (tertiary/aromatic N) is 3. The first-order valence-corrected chi connectivity index (χ1v) is 5.06. The number of hydrogen-bond donors (Lipinski definition) is 1. The SMILES string of the molecule is Cc1cc(-c2ccccc2)nnc1N(C)N. The van der Waals surface area contributed by atoms with E-state index in [1.54, 1.807) is 7.05 Å². The smallest absolute Gasteiger partial charge is 0.167 e. The van der Waals surface area contributed by atoms with E-state index in [9.17, 15) is 0 Å². The lowest BCUT2D eigenvalue weighted by Gasteiger charge is -2.13.